The lowest BCUT2D eigenvalue weighted by molar-refractivity contribution is 0.381. The van der Waals surface area contributed by atoms with Crippen molar-refractivity contribution < 1.29 is 9.05 Å². The van der Waals surface area contributed by atoms with Crippen molar-refractivity contribution in [2.75, 3.05) is 13.7 Å². The van der Waals surface area contributed by atoms with Crippen molar-refractivity contribution in [3.05, 3.63) is 25.7 Å². The van der Waals surface area contributed by atoms with Crippen molar-refractivity contribution in [2.45, 2.75) is 6.92 Å². The molecule has 1 atom stereocenters. The van der Waals surface area contributed by atoms with Crippen LogP contribution in [0.15, 0.2) is 12.1 Å². The van der Waals surface area contributed by atoms with Crippen molar-refractivity contribution in [3.63, 3.8) is 0 Å². The van der Waals surface area contributed by atoms with E-state index in [0.29, 0.717) is 22.3 Å². The first-order valence-electron chi connectivity index (χ1n) is 4.67. The van der Waals surface area contributed by atoms with Gasteiger partial charge >= 0.3 is 6.64 Å². The highest BCUT2D eigenvalue weighted by Gasteiger charge is 2.19. The van der Waals surface area contributed by atoms with Crippen LogP contribution < -0.4 is 9.61 Å². The van der Waals surface area contributed by atoms with Gasteiger partial charge in [-0.2, -0.15) is 0 Å². The molecule has 0 saturated heterocycles. The molecule has 8 heteroatoms. The van der Waals surface area contributed by atoms with E-state index in [2.05, 4.69) is 27.7 Å². The zero-order chi connectivity index (χ0) is 13.1. The fourth-order valence-corrected chi connectivity index (χ4v) is 3.79. The number of hydrogen-bond acceptors (Lipinski definition) is 3. The molecule has 0 bridgehead atoms. The van der Waals surface area contributed by atoms with E-state index in [1.54, 1.807) is 12.1 Å². The molecule has 0 amide bonds. The van der Waals surface area contributed by atoms with E-state index in [4.69, 9.17) is 44.1 Å². The average Bonchev–Trinajstić information content (AvgIpc) is 2.26. The van der Waals surface area contributed by atoms with Crippen molar-refractivity contribution in [1.82, 2.24) is 5.09 Å². The smallest absolute Gasteiger partial charge is 0.312 e. The summed E-state index contributed by atoms with van der Waals surface area (Å²) in [5.41, 5.74) is 0. The Morgan fingerprint density at radius 3 is 2.59 bits per heavy atom. The van der Waals surface area contributed by atoms with Gasteiger partial charge in [-0.1, -0.05) is 30.1 Å². The summed E-state index contributed by atoms with van der Waals surface area (Å²) in [4.78, 5) is 0. The summed E-state index contributed by atoms with van der Waals surface area (Å²) in [5, 5.41) is 4.03. The topological polar surface area (TPSA) is 30.5 Å². The number of halogens is 3. The van der Waals surface area contributed by atoms with E-state index in [9.17, 15) is 0 Å². The molecule has 0 saturated carbocycles. The predicted molar refractivity (Wildman–Crippen MR) is 84.8 cm³/mol. The van der Waals surface area contributed by atoms with Crippen LogP contribution in [0.4, 0.5) is 0 Å². The zero-order valence-corrected chi connectivity index (χ0v) is 14.5. The van der Waals surface area contributed by atoms with Gasteiger partial charge in [0.1, 0.15) is 5.75 Å². The van der Waals surface area contributed by atoms with Gasteiger partial charge in [0.25, 0.3) is 0 Å². The van der Waals surface area contributed by atoms with Crippen LogP contribution in [0.1, 0.15) is 6.92 Å². The Balaban J connectivity index is 3.02. The molecular formula is C9H11Cl2INO2PS. The van der Waals surface area contributed by atoms with Crippen molar-refractivity contribution in [3.8, 4) is 5.75 Å². The van der Waals surface area contributed by atoms with Gasteiger partial charge < -0.3 is 9.05 Å². The fourth-order valence-electron chi connectivity index (χ4n) is 1.03. The second-order valence-corrected chi connectivity index (χ2v) is 8.26. The van der Waals surface area contributed by atoms with E-state index in [0.717, 1.165) is 3.57 Å². The van der Waals surface area contributed by atoms with Gasteiger partial charge in [0.2, 0.25) is 0 Å². The van der Waals surface area contributed by atoms with Gasteiger partial charge in [-0.3, -0.25) is 0 Å². The molecule has 96 valence electrons. The average molecular weight is 426 g/mol. The van der Waals surface area contributed by atoms with Gasteiger partial charge in [0.15, 0.2) is 0 Å². The molecule has 1 rings (SSSR count). The van der Waals surface area contributed by atoms with Crippen LogP contribution in [0.5, 0.6) is 5.75 Å². The molecule has 0 aromatic heterocycles. The largest absolute Gasteiger partial charge is 0.431 e. The molecule has 0 radical (unpaired) electrons. The minimum absolute atomic E-state index is 0.434. The highest BCUT2D eigenvalue weighted by Crippen LogP contribution is 2.46. The Bertz CT molecular complexity index is 461. The standard InChI is InChI=1S/C9H11Cl2INO2PS/c1-3-13-16(17,14-2)15-9-5-6(10)8(12)4-7(9)11/h4-5H,3H2,1-2H3,(H,13,17). The Morgan fingerprint density at radius 1 is 1.41 bits per heavy atom. The lowest BCUT2D eigenvalue weighted by Crippen LogP contribution is -2.14. The monoisotopic (exact) mass is 425 g/mol. The van der Waals surface area contributed by atoms with Gasteiger partial charge in [-0.05, 0) is 40.5 Å². The second kappa shape index (κ2) is 6.89. The molecule has 3 nitrogen and oxygen atoms in total. The maximum absolute atomic E-state index is 6.06. The summed E-state index contributed by atoms with van der Waals surface area (Å²) < 4.78 is 11.7. The summed E-state index contributed by atoms with van der Waals surface area (Å²) in [5.74, 6) is 0.434. The Morgan fingerprint density at radius 2 is 2.06 bits per heavy atom. The number of hydrogen-bond donors (Lipinski definition) is 1. The SMILES string of the molecule is CCNP(=S)(OC)Oc1cc(Cl)c(I)cc1Cl. The van der Waals surface area contributed by atoms with Gasteiger partial charge in [0.05, 0.1) is 10.0 Å². The normalized spacial score (nSPS) is 14.4. The number of nitrogens with one attached hydrogen (secondary N) is 1. The zero-order valence-electron chi connectivity index (χ0n) is 9.17. The van der Waals surface area contributed by atoms with E-state index < -0.39 is 6.64 Å². The van der Waals surface area contributed by atoms with Gasteiger partial charge in [0, 0.05) is 23.3 Å². The minimum Gasteiger partial charge on any atom is -0.431 e. The quantitative estimate of drug-likeness (QED) is 0.428. The first kappa shape index (κ1) is 16.0. The van der Waals surface area contributed by atoms with Gasteiger partial charge in [-0.25, -0.2) is 5.09 Å². The van der Waals surface area contributed by atoms with Crippen LogP contribution in [0.2, 0.25) is 10.0 Å². The van der Waals surface area contributed by atoms with E-state index in [1.807, 2.05) is 6.92 Å². The molecule has 1 N–H and O–H groups in total. The molecule has 1 aromatic rings. The Hall–Kier alpha value is 0.900. The molecule has 0 heterocycles. The van der Waals surface area contributed by atoms with E-state index in [1.165, 1.54) is 7.11 Å². The highest BCUT2D eigenvalue weighted by atomic mass is 127. The molecule has 0 aliphatic heterocycles. The Kier molecular flexibility index (Phi) is 6.47. The molecule has 0 aliphatic rings. The number of rotatable bonds is 5. The van der Waals surface area contributed by atoms with Crippen molar-refractivity contribution in [2.24, 2.45) is 0 Å². The third-order valence-electron chi connectivity index (χ3n) is 1.79. The first-order chi connectivity index (χ1) is 7.91. The lowest BCUT2D eigenvalue weighted by Gasteiger charge is -2.21. The van der Waals surface area contributed by atoms with Crippen LogP contribution in [-0.2, 0) is 16.3 Å². The summed E-state index contributed by atoms with van der Waals surface area (Å²) >= 11 is 19.4. The van der Waals surface area contributed by atoms with Crippen molar-refractivity contribution in [1.29, 1.82) is 0 Å². The number of benzene rings is 1. The van der Waals surface area contributed by atoms with Crippen LogP contribution in [0.25, 0.3) is 0 Å². The second-order valence-electron chi connectivity index (χ2n) is 2.98. The molecule has 1 unspecified atom stereocenters. The van der Waals surface area contributed by atoms with E-state index in [-0.39, 0.29) is 0 Å². The maximum atomic E-state index is 6.06. The van der Waals surface area contributed by atoms with Crippen LogP contribution >= 0.6 is 52.4 Å². The summed E-state index contributed by atoms with van der Waals surface area (Å²) in [6, 6.07) is 3.37. The van der Waals surface area contributed by atoms with Crippen LogP contribution in [-0.4, -0.2) is 13.7 Å². The molecule has 0 fully saturated rings. The van der Waals surface area contributed by atoms with Crippen LogP contribution in [0.3, 0.4) is 0 Å². The molecule has 0 spiro atoms. The predicted octanol–water partition coefficient (Wildman–Crippen LogP) is 4.46. The Labute approximate surface area is 130 Å². The molecule has 1 aromatic carbocycles. The van der Waals surface area contributed by atoms with Crippen LogP contribution in [0, 0.1) is 3.57 Å². The highest BCUT2D eigenvalue weighted by molar-refractivity contribution is 14.1. The third kappa shape index (κ3) is 4.49. The molecular weight excluding hydrogens is 415 g/mol. The van der Waals surface area contributed by atoms with E-state index >= 15 is 0 Å². The summed E-state index contributed by atoms with van der Waals surface area (Å²) in [7, 11) is 1.51. The maximum Gasteiger partial charge on any atom is 0.312 e. The van der Waals surface area contributed by atoms with Crippen molar-refractivity contribution >= 4 is 64.2 Å². The molecule has 0 aliphatic carbocycles. The fraction of sp³-hybridized carbons (Fsp3) is 0.333. The third-order valence-corrected chi connectivity index (χ3v) is 6.28. The lowest BCUT2D eigenvalue weighted by atomic mass is 10.3. The summed E-state index contributed by atoms with van der Waals surface area (Å²) in [6.07, 6.45) is 0. The minimum atomic E-state index is -2.55. The summed E-state index contributed by atoms with van der Waals surface area (Å²) in [6.45, 7) is 0.0299. The van der Waals surface area contributed by atoms with Gasteiger partial charge in [-0.15, -0.1) is 0 Å². The first-order valence-corrected chi connectivity index (χ1v) is 9.14. The molecule has 17 heavy (non-hydrogen) atoms.